The smallest absolute Gasteiger partial charge is 0.123 e. The molecule has 1 aromatic carbocycles. The Balaban J connectivity index is 1.81. The fourth-order valence-electron chi connectivity index (χ4n) is 2.63. The van der Waals surface area contributed by atoms with Gasteiger partial charge in [-0.1, -0.05) is 13.0 Å². The van der Waals surface area contributed by atoms with Gasteiger partial charge in [0, 0.05) is 19.7 Å². The average Bonchev–Trinajstić information content (AvgIpc) is 2.79. The second-order valence-electron chi connectivity index (χ2n) is 5.07. The van der Waals surface area contributed by atoms with Crippen molar-refractivity contribution in [2.45, 2.75) is 39.3 Å². The molecule has 0 amide bonds. The maximum atomic E-state index is 13.0. The van der Waals surface area contributed by atoms with Crippen molar-refractivity contribution in [1.29, 1.82) is 0 Å². The molecule has 0 radical (unpaired) electrons. The molecule has 3 heteroatoms. The van der Waals surface area contributed by atoms with Gasteiger partial charge in [0.05, 0.1) is 6.10 Å². The van der Waals surface area contributed by atoms with E-state index in [0.29, 0.717) is 12.0 Å². The van der Waals surface area contributed by atoms with E-state index in [1.807, 2.05) is 13.0 Å². The van der Waals surface area contributed by atoms with Crippen LogP contribution < -0.4 is 5.32 Å². The summed E-state index contributed by atoms with van der Waals surface area (Å²) in [6.45, 7) is 6.80. The van der Waals surface area contributed by atoms with Crippen molar-refractivity contribution in [3.05, 3.63) is 35.1 Å². The molecule has 2 atom stereocenters. The van der Waals surface area contributed by atoms with Crippen LogP contribution in [0.5, 0.6) is 0 Å². The van der Waals surface area contributed by atoms with Crippen molar-refractivity contribution < 1.29 is 9.13 Å². The molecule has 0 spiro atoms. The molecule has 0 saturated carbocycles. The van der Waals surface area contributed by atoms with Crippen LogP contribution in [0.3, 0.4) is 0 Å². The van der Waals surface area contributed by atoms with Crippen LogP contribution in [-0.4, -0.2) is 19.3 Å². The number of benzene rings is 1. The lowest BCUT2D eigenvalue weighted by molar-refractivity contribution is 0.0872. The Morgan fingerprint density at radius 3 is 3.00 bits per heavy atom. The molecular weight excluding hydrogens is 229 g/mol. The van der Waals surface area contributed by atoms with Crippen LogP contribution in [0.15, 0.2) is 18.2 Å². The third-order valence-electron chi connectivity index (χ3n) is 3.78. The molecule has 100 valence electrons. The summed E-state index contributed by atoms with van der Waals surface area (Å²) < 4.78 is 18.6. The summed E-state index contributed by atoms with van der Waals surface area (Å²) in [5.74, 6) is 0.460. The molecule has 1 saturated heterocycles. The van der Waals surface area contributed by atoms with Gasteiger partial charge in [-0.25, -0.2) is 4.39 Å². The Labute approximate surface area is 109 Å². The summed E-state index contributed by atoms with van der Waals surface area (Å²) in [6, 6.07) is 4.97. The van der Waals surface area contributed by atoms with Gasteiger partial charge in [-0.05, 0) is 48.9 Å². The molecule has 1 aliphatic rings. The highest BCUT2D eigenvalue weighted by atomic mass is 19.1. The van der Waals surface area contributed by atoms with E-state index < -0.39 is 0 Å². The number of hydrogen-bond acceptors (Lipinski definition) is 2. The molecule has 1 N–H and O–H groups in total. The van der Waals surface area contributed by atoms with E-state index in [0.717, 1.165) is 38.1 Å². The van der Waals surface area contributed by atoms with E-state index in [1.165, 1.54) is 11.6 Å². The molecule has 0 aromatic heterocycles. The molecule has 2 nitrogen and oxygen atoms in total. The maximum absolute atomic E-state index is 13.0. The zero-order valence-electron chi connectivity index (χ0n) is 11.2. The molecule has 0 aliphatic carbocycles. The first kappa shape index (κ1) is 13.5. The number of aryl methyl sites for hydroxylation is 1. The summed E-state index contributed by atoms with van der Waals surface area (Å²) in [5, 5.41) is 3.47. The van der Waals surface area contributed by atoms with Crippen LogP contribution in [0.4, 0.5) is 4.39 Å². The minimum absolute atomic E-state index is 0.161. The zero-order valence-corrected chi connectivity index (χ0v) is 11.2. The number of halogens is 1. The SMILES string of the molecule is CCC1OCCC1CNCc1ccc(F)cc1C. The fraction of sp³-hybridized carbons (Fsp3) is 0.600. The van der Waals surface area contributed by atoms with Crippen LogP contribution in [0.1, 0.15) is 30.9 Å². The normalized spacial score (nSPS) is 23.5. The third-order valence-corrected chi connectivity index (χ3v) is 3.78. The molecule has 1 aromatic rings. The van der Waals surface area contributed by atoms with Crippen LogP contribution in [-0.2, 0) is 11.3 Å². The summed E-state index contributed by atoms with van der Waals surface area (Å²) in [5.41, 5.74) is 2.18. The van der Waals surface area contributed by atoms with Crippen LogP contribution in [0.25, 0.3) is 0 Å². The number of ether oxygens (including phenoxy) is 1. The van der Waals surface area contributed by atoms with E-state index >= 15 is 0 Å². The number of hydrogen-bond donors (Lipinski definition) is 1. The summed E-state index contributed by atoms with van der Waals surface area (Å²) in [6.07, 6.45) is 2.64. The zero-order chi connectivity index (χ0) is 13.0. The first-order chi connectivity index (χ1) is 8.70. The summed E-state index contributed by atoms with van der Waals surface area (Å²) in [4.78, 5) is 0. The molecule has 2 unspecified atom stereocenters. The molecule has 2 rings (SSSR count). The van der Waals surface area contributed by atoms with E-state index in [4.69, 9.17) is 4.74 Å². The van der Waals surface area contributed by atoms with Gasteiger partial charge in [-0.15, -0.1) is 0 Å². The van der Waals surface area contributed by atoms with Gasteiger partial charge in [0.2, 0.25) is 0 Å². The Bertz CT molecular complexity index is 394. The van der Waals surface area contributed by atoms with E-state index in [1.54, 1.807) is 6.07 Å². The lowest BCUT2D eigenvalue weighted by Crippen LogP contribution is -2.28. The van der Waals surface area contributed by atoms with E-state index in [-0.39, 0.29) is 5.82 Å². The molecular formula is C15H22FNO. The van der Waals surface area contributed by atoms with Gasteiger partial charge in [0.15, 0.2) is 0 Å². The van der Waals surface area contributed by atoms with E-state index in [9.17, 15) is 4.39 Å². The highest BCUT2D eigenvalue weighted by Gasteiger charge is 2.25. The predicted molar refractivity (Wildman–Crippen MR) is 71.0 cm³/mol. The van der Waals surface area contributed by atoms with Gasteiger partial charge < -0.3 is 10.1 Å². The average molecular weight is 251 g/mol. The monoisotopic (exact) mass is 251 g/mol. The fourth-order valence-corrected chi connectivity index (χ4v) is 2.63. The largest absolute Gasteiger partial charge is 0.378 e. The minimum atomic E-state index is -0.161. The first-order valence-corrected chi connectivity index (χ1v) is 6.78. The third kappa shape index (κ3) is 3.30. The van der Waals surface area contributed by atoms with Gasteiger partial charge in [0.25, 0.3) is 0 Å². The van der Waals surface area contributed by atoms with Crippen molar-refractivity contribution in [2.75, 3.05) is 13.2 Å². The summed E-state index contributed by atoms with van der Waals surface area (Å²) >= 11 is 0. The molecule has 1 fully saturated rings. The van der Waals surface area contributed by atoms with Crippen molar-refractivity contribution in [3.8, 4) is 0 Å². The Morgan fingerprint density at radius 1 is 1.44 bits per heavy atom. The van der Waals surface area contributed by atoms with Crippen molar-refractivity contribution in [3.63, 3.8) is 0 Å². The Morgan fingerprint density at radius 2 is 2.28 bits per heavy atom. The van der Waals surface area contributed by atoms with Crippen molar-refractivity contribution in [2.24, 2.45) is 5.92 Å². The van der Waals surface area contributed by atoms with Crippen LogP contribution in [0.2, 0.25) is 0 Å². The molecule has 0 bridgehead atoms. The second kappa shape index (κ2) is 6.30. The molecule has 18 heavy (non-hydrogen) atoms. The van der Waals surface area contributed by atoms with Crippen LogP contribution in [0, 0.1) is 18.7 Å². The highest BCUT2D eigenvalue weighted by molar-refractivity contribution is 5.26. The van der Waals surface area contributed by atoms with Gasteiger partial charge in [-0.3, -0.25) is 0 Å². The highest BCUT2D eigenvalue weighted by Crippen LogP contribution is 2.22. The van der Waals surface area contributed by atoms with Crippen molar-refractivity contribution in [1.82, 2.24) is 5.32 Å². The lowest BCUT2D eigenvalue weighted by atomic mass is 9.99. The second-order valence-corrected chi connectivity index (χ2v) is 5.07. The standard InChI is InChI=1S/C15H22FNO/c1-3-15-13(6-7-18-15)10-17-9-12-4-5-14(16)8-11(12)2/h4-5,8,13,15,17H,3,6-7,9-10H2,1-2H3. The molecule has 1 aliphatic heterocycles. The van der Waals surface area contributed by atoms with Gasteiger partial charge in [0.1, 0.15) is 5.82 Å². The van der Waals surface area contributed by atoms with Gasteiger partial charge in [-0.2, -0.15) is 0 Å². The molecule has 1 heterocycles. The maximum Gasteiger partial charge on any atom is 0.123 e. The predicted octanol–water partition coefficient (Wildman–Crippen LogP) is 3.04. The van der Waals surface area contributed by atoms with Crippen molar-refractivity contribution >= 4 is 0 Å². The van der Waals surface area contributed by atoms with E-state index in [2.05, 4.69) is 12.2 Å². The van der Waals surface area contributed by atoms with Gasteiger partial charge >= 0.3 is 0 Å². The minimum Gasteiger partial charge on any atom is -0.378 e. The quantitative estimate of drug-likeness (QED) is 0.868. The topological polar surface area (TPSA) is 21.3 Å². The number of nitrogens with one attached hydrogen (secondary N) is 1. The number of rotatable bonds is 5. The Hall–Kier alpha value is -0.930. The Kier molecular flexibility index (Phi) is 4.72. The summed E-state index contributed by atoms with van der Waals surface area (Å²) in [7, 11) is 0. The van der Waals surface area contributed by atoms with Crippen LogP contribution >= 0.6 is 0 Å². The first-order valence-electron chi connectivity index (χ1n) is 6.78. The lowest BCUT2D eigenvalue weighted by Gasteiger charge is -2.17.